The van der Waals surface area contributed by atoms with Gasteiger partial charge in [-0.1, -0.05) is 70.5 Å². The van der Waals surface area contributed by atoms with Gasteiger partial charge in [-0.3, -0.25) is 0 Å². The van der Waals surface area contributed by atoms with E-state index >= 15 is 0 Å². The van der Waals surface area contributed by atoms with E-state index in [0.717, 1.165) is 0 Å². The number of carbonyl (C=O) groups is 3. The molecule has 0 bridgehead atoms. The van der Waals surface area contributed by atoms with Gasteiger partial charge in [0.15, 0.2) is 23.3 Å². The van der Waals surface area contributed by atoms with Crippen LogP contribution in [0.2, 0.25) is 0 Å². The maximum absolute atomic E-state index is 13.0. The average Bonchev–Trinajstić information content (AvgIpc) is 2.89. The largest absolute Gasteiger partial charge is 0.452 e. The van der Waals surface area contributed by atoms with Crippen molar-refractivity contribution in [3.8, 4) is 0 Å². The summed E-state index contributed by atoms with van der Waals surface area (Å²) in [7, 11) is 0. The molecule has 35 heavy (non-hydrogen) atoms. The van der Waals surface area contributed by atoms with Crippen molar-refractivity contribution >= 4 is 33.8 Å². The number of hydrogen-bond donors (Lipinski definition) is 0. The highest BCUT2D eigenvalue weighted by Crippen LogP contribution is 2.32. The molecule has 0 amide bonds. The van der Waals surface area contributed by atoms with Gasteiger partial charge in [0.05, 0.1) is 22.8 Å². The van der Waals surface area contributed by atoms with Gasteiger partial charge < -0.3 is 18.9 Å². The van der Waals surface area contributed by atoms with Crippen LogP contribution < -0.4 is 0 Å². The number of rotatable bonds is 6. The summed E-state index contributed by atoms with van der Waals surface area (Å²) in [4.78, 5) is 38.7. The standard InChI is InChI=1S/C27H23BrO7/c1-17-21(33-25(29)18-11-5-2-6-12-18)22(34-26(30)19-13-7-3-8-14-19)23(24(28)32-17)35-27(31)20-15-9-4-10-16-20/h2-17,21-24H,1H3/t17-,21+,22+,23-,24?/m0/s1. The Bertz CT molecular complexity index is 1090. The third kappa shape index (κ3) is 5.96. The highest BCUT2D eigenvalue weighted by Gasteiger charge is 2.50. The summed E-state index contributed by atoms with van der Waals surface area (Å²) in [5.74, 6) is -1.90. The molecule has 1 aliphatic heterocycles. The molecule has 3 aromatic rings. The van der Waals surface area contributed by atoms with Crippen LogP contribution in [0.5, 0.6) is 0 Å². The zero-order valence-electron chi connectivity index (χ0n) is 18.8. The maximum Gasteiger partial charge on any atom is 0.338 e. The first-order valence-electron chi connectivity index (χ1n) is 11.0. The second-order valence-electron chi connectivity index (χ2n) is 7.90. The number of carbonyl (C=O) groups excluding carboxylic acids is 3. The van der Waals surface area contributed by atoms with Gasteiger partial charge in [0.25, 0.3) is 0 Å². The van der Waals surface area contributed by atoms with Gasteiger partial charge in [0.1, 0.15) is 0 Å². The van der Waals surface area contributed by atoms with E-state index in [0.29, 0.717) is 16.7 Å². The molecule has 0 N–H and O–H groups in total. The van der Waals surface area contributed by atoms with Crippen molar-refractivity contribution in [1.29, 1.82) is 0 Å². The highest BCUT2D eigenvalue weighted by atomic mass is 79.9. The van der Waals surface area contributed by atoms with E-state index in [4.69, 9.17) is 18.9 Å². The van der Waals surface area contributed by atoms with E-state index in [1.165, 1.54) is 0 Å². The normalized spacial score (nSPS) is 23.7. The number of ether oxygens (including phenoxy) is 4. The lowest BCUT2D eigenvalue weighted by Crippen LogP contribution is -2.59. The highest BCUT2D eigenvalue weighted by molar-refractivity contribution is 9.09. The zero-order chi connectivity index (χ0) is 24.8. The van der Waals surface area contributed by atoms with E-state index in [1.807, 2.05) is 0 Å². The quantitative estimate of drug-likeness (QED) is 0.253. The second-order valence-corrected chi connectivity index (χ2v) is 8.80. The van der Waals surface area contributed by atoms with E-state index in [2.05, 4.69) is 15.9 Å². The molecule has 0 saturated carbocycles. The van der Waals surface area contributed by atoms with Crippen molar-refractivity contribution in [2.45, 2.75) is 36.4 Å². The lowest BCUT2D eigenvalue weighted by Gasteiger charge is -2.42. The van der Waals surface area contributed by atoms with Gasteiger partial charge in [0, 0.05) is 0 Å². The Labute approximate surface area is 211 Å². The van der Waals surface area contributed by atoms with Gasteiger partial charge in [-0.05, 0) is 43.3 Å². The van der Waals surface area contributed by atoms with Gasteiger partial charge in [-0.15, -0.1) is 0 Å². The molecule has 1 aliphatic rings. The number of esters is 3. The van der Waals surface area contributed by atoms with Crippen molar-refractivity contribution in [2.75, 3.05) is 0 Å². The van der Waals surface area contributed by atoms with Crippen LogP contribution in [-0.2, 0) is 18.9 Å². The van der Waals surface area contributed by atoms with Gasteiger partial charge in [-0.2, -0.15) is 0 Å². The summed E-state index contributed by atoms with van der Waals surface area (Å²) in [5, 5.41) is -0.814. The van der Waals surface area contributed by atoms with Gasteiger partial charge >= 0.3 is 17.9 Å². The first-order chi connectivity index (χ1) is 16.9. The number of benzene rings is 3. The van der Waals surface area contributed by atoms with E-state index < -0.39 is 47.3 Å². The molecule has 0 radical (unpaired) electrons. The predicted molar refractivity (Wildman–Crippen MR) is 130 cm³/mol. The maximum atomic E-state index is 13.0. The van der Waals surface area contributed by atoms with Crippen molar-refractivity contribution < 1.29 is 33.3 Å². The number of hydrogen-bond acceptors (Lipinski definition) is 7. The molecule has 4 rings (SSSR count). The SMILES string of the molecule is C[C@@H]1OC(Br)[C@@H](OC(=O)c2ccccc2)[C@H](OC(=O)c2ccccc2)[C@@H]1OC(=O)c1ccccc1. The lowest BCUT2D eigenvalue weighted by atomic mass is 9.99. The Hall–Kier alpha value is -3.49. The molecule has 0 spiro atoms. The van der Waals surface area contributed by atoms with Crippen LogP contribution in [0.25, 0.3) is 0 Å². The third-order valence-corrected chi connectivity index (χ3v) is 6.21. The van der Waals surface area contributed by atoms with Crippen LogP contribution in [0.3, 0.4) is 0 Å². The molecule has 1 unspecified atom stereocenters. The molecule has 8 heteroatoms. The minimum Gasteiger partial charge on any atom is -0.452 e. The van der Waals surface area contributed by atoms with Crippen LogP contribution >= 0.6 is 15.9 Å². The Balaban J connectivity index is 1.63. The Morgan fingerprint density at radius 2 is 0.943 bits per heavy atom. The summed E-state index contributed by atoms with van der Waals surface area (Å²) in [5.41, 5.74) is 0.947. The van der Waals surface area contributed by atoms with Crippen LogP contribution in [0, 0.1) is 0 Å². The summed E-state index contributed by atoms with van der Waals surface area (Å²) in [6.07, 6.45) is -3.96. The molecule has 1 fully saturated rings. The van der Waals surface area contributed by atoms with Crippen molar-refractivity contribution in [3.63, 3.8) is 0 Å². The molecule has 0 aromatic heterocycles. The minimum absolute atomic E-state index is 0.305. The van der Waals surface area contributed by atoms with Crippen LogP contribution in [-0.4, -0.2) is 47.3 Å². The lowest BCUT2D eigenvalue weighted by molar-refractivity contribution is -0.193. The summed E-state index contributed by atoms with van der Waals surface area (Å²) < 4.78 is 23.2. The first-order valence-corrected chi connectivity index (χ1v) is 11.9. The molecule has 0 aliphatic carbocycles. The van der Waals surface area contributed by atoms with Crippen LogP contribution in [0.1, 0.15) is 38.0 Å². The predicted octanol–water partition coefficient (Wildman–Crippen LogP) is 4.80. The topological polar surface area (TPSA) is 88.1 Å². The fourth-order valence-corrected chi connectivity index (χ4v) is 4.43. The Morgan fingerprint density at radius 3 is 1.34 bits per heavy atom. The second kappa shape index (κ2) is 11.3. The van der Waals surface area contributed by atoms with E-state index in [9.17, 15) is 14.4 Å². The Kier molecular flexibility index (Phi) is 7.94. The smallest absolute Gasteiger partial charge is 0.338 e. The van der Waals surface area contributed by atoms with E-state index in [1.54, 1.807) is 97.9 Å². The third-order valence-electron chi connectivity index (χ3n) is 5.47. The molecule has 5 atom stereocenters. The number of halogens is 1. The molecule has 180 valence electrons. The van der Waals surface area contributed by atoms with Gasteiger partial charge in [-0.25, -0.2) is 14.4 Å². The van der Waals surface area contributed by atoms with Gasteiger partial charge in [0.2, 0.25) is 0 Å². The molecule has 1 saturated heterocycles. The fraction of sp³-hybridized carbons (Fsp3) is 0.222. The molecule has 1 heterocycles. The zero-order valence-corrected chi connectivity index (χ0v) is 20.4. The molecule has 3 aromatic carbocycles. The van der Waals surface area contributed by atoms with Crippen molar-refractivity contribution in [3.05, 3.63) is 108 Å². The minimum atomic E-state index is -1.14. The van der Waals surface area contributed by atoms with E-state index in [-0.39, 0.29) is 0 Å². The first kappa shape index (κ1) is 24.6. The number of alkyl halides is 1. The molecular weight excluding hydrogens is 516 g/mol. The summed E-state index contributed by atoms with van der Waals surface area (Å²) >= 11 is 3.39. The molecule has 7 nitrogen and oxygen atoms in total. The van der Waals surface area contributed by atoms with Crippen molar-refractivity contribution in [2.24, 2.45) is 0 Å². The van der Waals surface area contributed by atoms with Crippen LogP contribution in [0.4, 0.5) is 0 Å². The monoisotopic (exact) mass is 538 g/mol. The summed E-state index contributed by atoms with van der Waals surface area (Å²) in [6, 6.07) is 25.2. The van der Waals surface area contributed by atoms with Crippen LogP contribution in [0.15, 0.2) is 91.0 Å². The molecular formula is C27H23BrO7. The fourth-order valence-electron chi connectivity index (χ4n) is 3.68. The Morgan fingerprint density at radius 1 is 0.600 bits per heavy atom. The average molecular weight is 539 g/mol. The summed E-state index contributed by atoms with van der Waals surface area (Å²) in [6.45, 7) is 1.69. The van der Waals surface area contributed by atoms with Crippen molar-refractivity contribution in [1.82, 2.24) is 0 Å².